The van der Waals surface area contributed by atoms with Gasteiger partial charge in [-0.25, -0.2) is 0 Å². The fourth-order valence-corrected chi connectivity index (χ4v) is 4.43. The Morgan fingerprint density at radius 3 is 2.51 bits per heavy atom. The first-order valence-corrected chi connectivity index (χ1v) is 12.1. The molecule has 2 amide bonds. The van der Waals surface area contributed by atoms with Crippen LogP contribution in [-0.2, 0) is 14.4 Å². The molecule has 1 aliphatic carbocycles. The Bertz CT molecular complexity index is 1060. The van der Waals surface area contributed by atoms with Gasteiger partial charge in [0.1, 0.15) is 25.0 Å². The number of Topliss-reactive ketones (excluding diaryl/α,β-unsaturated/α-hetero) is 1. The highest BCUT2D eigenvalue weighted by Gasteiger charge is 2.45. The standard InChI is InChI=1S/C23H26F3IN2O8/c1-3-16(32)22(35)29(11-23(24,25)26)15-8-13(21(34)28-4-5-30)9-17(19(15)33)37-20-14(27)6-12(10-31)7-18(20)36-2/h6-7,9-10,15,17,19,30,33H,3-5,8,11H2,1-2H3,(H,28,34)/t15-,17+,19+/m1/s1. The van der Waals surface area contributed by atoms with Crippen LogP contribution in [0.25, 0.3) is 0 Å². The van der Waals surface area contributed by atoms with Gasteiger partial charge in [0.2, 0.25) is 11.7 Å². The number of ether oxygens (including phenoxy) is 2. The highest BCUT2D eigenvalue weighted by atomic mass is 127. The highest BCUT2D eigenvalue weighted by Crippen LogP contribution is 2.37. The number of methoxy groups -OCH3 is 1. The average Bonchev–Trinajstić information content (AvgIpc) is 2.86. The van der Waals surface area contributed by atoms with Crippen LogP contribution in [0.1, 0.15) is 30.1 Å². The zero-order valence-corrected chi connectivity index (χ0v) is 22.0. The fraction of sp³-hybridized carbons (Fsp3) is 0.478. The molecular weight excluding hydrogens is 616 g/mol. The second kappa shape index (κ2) is 13.2. The molecule has 1 aliphatic rings. The number of nitrogens with zero attached hydrogens (tertiary/aromatic N) is 1. The molecule has 0 bridgehead atoms. The van der Waals surface area contributed by atoms with Crippen LogP contribution < -0.4 is 14.8 Å². The molecule has 0 unspecified atom stereocenters. The molecule has 1 aromatic rings. The maximum absolute atomic E-state index is 13.4. The molecule has 37 heavy (non-hydrogen) atoms. The molecule has 2 rings (SSSR count). The Morgan fingerprint density at radius 1 is 1.30 bits per heavy atom. The Hall–Kier alpha value is -2.72. The lowest BCUT2D eigenvalue weighted by Crippen LogP contribution is -2.58. The predicted octanol–water partition coefficient (Wildman–Crippen LogP) is 1.40. The Balaban J connectivity index is 2.58. The minimum absolute atomic E-state index is 0.0306. The number of carbonyl (C=O) groups excluding carboxylic acids is 4. The summed E-state index contributed by atoms with van der Waals surface area (Å²) in [5, 5.41) is 22.5. The van der Waals surface area contributed by atoms with Gasteiger partial charge >= 0.3 is 6.18 Å². The number of halogens is 4. The summed E-state index contributed by atoms with van der Waals surface area (Å²) in [7, 11) is 1.29. The summed E-state index contributed by atoms with van der Waals surface area (Å²) in [5.41, 5.74) is 0.117. The van der Waals surface area contributed by atoms with Crippen LogP contribution in [0, 0.1) is 3.57 Å². The second-order valence-corrected chi connectivity index (χ2v) is 9.16. The molecule has 0 heterocycles. The maximum atomic E-state index is 13.4. The van der Waals surface area contributed by atoms with Crippen molar-refractivity contribution in [3.63, 3.8) is 0 Å². The zero-order chi connectivity index (χ0) is 27.9. The molecule has 0 aromatic heterocycles. The number of hydrogen-bond acceptors (Lipinski definition) is 8. The summed E-state index contributed by atoms with van der Waals surface area (Å²) >= 11 is 1.83. The lowest BCUT2D eigenvalue weighted by molar-refractivity contribution is -0.174. The van der Waals surface area contributed by atoms with Gasteiger partial charge in [-0.1, -0.05) is 6.92 Å². The van der Waals surface area contributed by atoms with E-state index in [9.17, 15) is 37.5 Å². The van der Waals surface area contributed by atoms with Gasteiger partial charge in [0, 0.05) is 30.5 Å². The molecule has 0 saturated carbocycles. The number of aliphatic hydroxyl groups is 2. The van der Waals surface area contributed by atoms with Gasteiger partial charge in [-0.2, -0.15) is 13.2 Å². The number of rotatable bonds is 11. The van der Waals surface area contributed by atoms with Crippen LogP contribution in [0.3, 0.4) is 0 Å². The largest absolute Gasteiger partial charge is 0.493 e. The lowest BCUT2D eigenvalue weighted by Gasteiger charge is -2.40. The zero-order valence-electron chi connectivity index (χ0n) is 19.9. The van der Waals surface area contributed by atoms with E-state index in [1.165, 1.54) is 32.2 Å². The van der Waals surface area contributed by atoms with Gasteiger partial charge in [0.15, 0.2) is 11.5 Å². The third kappa shape index (κ3) is 7.88. The summed E-state index contributed by atoms with van der Waals surface area (Å²) in [6.07, 6.45) is -7.30. The van der Waals surface area contributed by atoms with Crippen molar-refractivity contribution in [2.45, 2.75) is 44.2 Å². The lowest BCUT2D eigenvalue weighted by atomic mass is 9.87. The number of aliphatic hydroxyl groups excluding tert-OH is 2. The van der Waals surface area contributed by atoms with Gasteiger partial charge < -0.3 is 29.9 Å². The van der Waals surface area contributed by atoms with E-state index >= 15 is 0 Å². The van der Waals surface area contributed by atoms with Gasteiger partial charge in [0.05, 0.1) is 23.3 Å². The van der Waals surface area contributed by atoms with E-state index in [1.807, 2.05) is 22.6 Å². The van der Waals surface area contributed by atoms with Crippen molar-refractivity contribution >= 4 is 46.5 Å². The summed E-state index contributed by atoms with van der Waals surface area (Å²) in [6.45, 7) is -1.10. The average molecular weight is 642 g/mol. The molecule has 14 heteroatoms. The number of nitrogens with one attached hydrogen (secondary N) is 1. The summed E-state index contributed by atoms with van der Waals surface area (Å²) in [6, 6.07) is 1.12. The molecule has 0 saturated heterocycles. The van der Waals surface area contributed by atoms with E-state index in [0.717, 1.165) is 0 Å². The van der Waals surface area contributed by atoms with E-state index < -0.39 is 61.6 Å². The van der Waals surface area contributed by atoms with Crippen molar-refractivity contribution in [2.24, 2.45) is 0 Å². The van der Waals surface area contributed by atoms with Crippen LogP contribution >= 0.6 is 22.6 Å². The third-order valence-electron chi connectivity index (χ3n) is 5.43. The second-order valence-electron chi connectivity index (χ2n) is 7.99. The summed E-state index contributed by atoms with van der Waals surface area (Å²) in [4.78, 5) is 48.8. The topological polar surface area (TPSA) is 142 Å². The van der Waals surface area contributed by atoms with Gasteiger partial charge in [-0.05, 0) is 40.8 Å². The van der Waals surface area contributed by atoms with Crippen LogP contribution in [0.5, 0.6) is 11.5 Å². The molecule has 10 nitrogen and oxygen atoms in total. The fourth-order valence-electron chi connectivity index (χ4n) is 3.68. The van der Waals surface area contributed by atoms with E-state index in [1.54, 1.807) is 0 Å². The molecule has 3 atom stereocenters. The van der Waals surface area contributed by atoms with Crippen LogP contribution in [0.2, 0.25) is 0 Å². The van der Waals surface area contributed by atoms with E-state index in [0.29, 0.717) is 9.86 Å². The van der Waals surface area contributed by atoms with Crippen molar-refractivity contribution in [1.29, 1.82) is 0 Å². The molecule has 0 spiro atoms. The minimum atomic E-state index is -4.91. The molecule has 0 radical (unpaired) electrons. The highest BCUT2D eigenvalue weighted by molar-refractivity contribution is 14.1. The van der Waals surface area contributed by atoms with E-state index in [2.05, 4.69) is 5.32 Å². The molecule has 204 valence electrons. The number of carbonyl (C=O) groups is 4. The molecule has 0 fully saturated rings. The quantitative estimate of drug-likeness (QED) is 0.187. The first-order chi connectivity index (χ1) is 17.4. The number of ketones is 1. The van der Waals surface area contributed by atoms with Crippen molar-refractivity contribution in [2.75, 3.05) is 26.8 Å². The molecule has 3 N–H and O–H groups in total. The predicted molar refractivity (Wildman–Crippen MR) is 131 cm³/mol. The van der Waals surface area contributed by atoms with Crippen LogP contribution in [0.15, 0.2) is 23.8 Å². The maximum Gasteiger partial charge on any atom is 0.406 e. The van der Waals surface area contributed by atoms with Crippen molar-refractivity contribution in [3.05, 3.63) is 32.9 Å². The number of aldehydes is 1. The first kappa shape index (κ1) is 30.5. The Kier molecular flexibility index (Phi) is 10.9. The van der Waals surface area contributed by atoms with Crippen molar-refractivity contribution in [1.82, 2.24) is 10.2 Å². The smallest absolute Gasteiger partial charge is 0.406 e. The summed E-state index contributed by atoms with van der Waals surface area (Å²) in [5.74, 6) is -3.22. The van der Waals surface area contributed by atoms with E-state index in [-0.39, 0.29) is 40.5 Å². The van der Waals surface area contributed by atoms with Gasteiger partial charge in [-0.3, -0.25) is 19.2 Å². The first-order valence-electron chi connectivity index (χ1n) is 11.0. The molecule has 1 aromatic carbocycles. The van der Waals surface area contributed by atoms with Gasteiger partial charge in [-0.15, -0.1) is 0 Å². The van der Waals surface area contributed by atoms with Gasteiger partial charge in [0.25, 0.3) is 5.91 Å². The van der Waals surface area contributed by atoms with E-state index in [4.69, 9.17) is 14.6 Å². The van der Waals surface area contributed by atoms with Crippen LogP contribution in [-0.4, -0.2) is 90.2 Å². The molecular formula is C23H26F3IN2O8. The van der Waals surface area contributed by atoms with Crippen molar-refractivity contribution < 1.29 is 52.0 Å². The Morgan fingerprint density at radius 2 is 1.97 bits per heavy atom. The molecule has 0 aliphatic heterocycles. The monoisotopic (exact) mass is 642 g/mol. The normalized spacial score (nSPS) is 19.5. The number of hydrogen-bond donors (Lipinski definition) is 3. The number of amides is 2. The van der Waals surface area contributed by atoms with Crippen molar-refractivity contribution in [3.8, 4) is 11.5 Å². The Labute approximate surface area is 223 Å². The van der Waals surface area contributed by atoms with Crippen LogP contribution in [0.4, 0.5) is 13.2 Å². The SMILES string of the molecule is CCC(=O)C(=O)N(CC(F)(F)F)[C@@H]1CC(C(=O)NCCO)=C[C@H](Oc2c(I)cc(C=O)cc2OC)[C@H]1O. The minimum Gasteiger partial charge on any atom is -0.493 e. The number of benzene rings is 1. The summed E-state index contributed by atoms with van der Waals surface area (Å²) < 4.78 is 51.7. The third-order valence-corrected chi connectivity index (χ3v) is 6.23. The number of alkyl halides is 3.